The number of methoxy groups -OCH3 is 1. The lowest BCUT2D eigenvalue weighted by molar-refractivity contribution is 0.415. The van der Waals surface area contributed by atoms with Gasteiger partial charge in [0, 0.05) is 16.2 Å². The first-order valence-corrected chi connectivity index (χ1v) is 6.41. The summed E-state index contributed by atoms with van der Waals surface area (Å²) in [5, 5.41) is 12.1. The van der Waals surface area contributed by atoms with Gasteiger partial charge in [-0.25, -0.2) is 4.98 Å². The van der Waals surface area contributed by atoms with Crippen LogP contribution < -0.4 is 10.1 Å². The summed E-state index contributed by atoms with van der Waals surface area (Å²) in [6.07, 6.45) is 0. The predicted molar refractivity (Wildman–Crippen MR) is 77.7 cm³/mol. The summed E-state index contributed by atoms with van der Waals surface area (Å²) in [6, 6.07) is 11.2. The van der Waals surface area contributed by atoms with Crippen LogP contribution in [0.4, 0.5) is 11.5 Å². The Morgan fingerprint density at radius 3 is 2.79 bits per heavy atom. The van der Waals surface area contributed by atoms with Gasteiger partial charge in [-0.15, -0.1) is 0 Å². The van der Waals surface area contributed by atoms with Crippen molar-refractivity contribution < 1.29 is 4.74 Å². The first-order chi connectivity index (χ1) is 9.12. The van der Waals surface area contributed by atoms with Gasteiger partial charge in [0.15, 0.2) is 0 Å². The van der Waals surface area contributed by atoms with Crippen LogP contribution in [-0.2, 0) is 0 Å². The first-order valence-electron chi connectivity index (χ1n) is 5.61. The van der Waals surface area contributed by atoms with E-state index in [1.807, 2.05) is 25.1 Å². The molecular weight excluding hydrogens is 306 g/mol. The largest absolute Gasteiger partial charge is 0.497 e. The lowest BCUT2D eigenvalue weighted by atomic mass is 10.2. The van der Waals surface area contributed by atoms with Crippen molar-refractivity contribution in [2.75, 3.05) is 12.4 Å². The van der Waals surface area contributed by atoms with E-state index in [-0.39, 0.29) is 0 Å². The molecule has 0 radical (unpaired) electrons. The highest BCUT2D eigenvalue weighted by atomic mass is 79.9. The molecule has 0 aliphatic carbocycles. The van der Waals surface area contributed by atoms with Crippen molar-refractivity contribution in [3.8, 4) is 11.8 Å². The quantitative estimate of drug-likeness (QED) is 0.936. The van der Waals surface area contributed by atoms with E-state index in [0.29, 0.717) is 11.4 Å². The zero-order valence-corrected chi connectivity index (χ0v) is 12.2. The SMILES string of the molecule is COc1ccc(Br)c(Nc2cc(C#N)cc(C)n2)c1. The van der Waals surface area contributed by atoms with Crippen molar-refractivity contribution in [3.63, 3.8) is 0 Å². The highest BCUT2D eigenvalue weighted by molar-refractivity contribution is 9.10. The Labute approximate surface area is 120 Å². The van der Waals surface area contributed by atoms with Gasteiger partial charge in [-0.2, -0.15) is 5.26 Å². The number of hydrogen-bond donors (Lipinski definition) is 1. The van der Waals surface area contributed by atoms with Crippen LogP contribution in [0.15, 0.2) is 34.8 Å². The Bertz CT molecular complexity index is 650. The van der Waals surface area contributed by atoms with Gasteiger partial charge in [0.2, 0.25) is 0 Å². The van der Waals surface area contributed by atoms with Crippen molar-refractivity contribution >= 4 is 27.4 Å². The Hall–Kier alpha value is -2.06. The van der Waals surface area contributed by atoms with Crippen LogP contribution in [-0.4, -0.2) is 12.1 Å². The summed E-state index contributed by atoms with van der Waals surface area (Å²) in [5.41, 5.74) is 2.20. The number of pyridine rings is 1. The number of aromatic nitrogens is 1. The Morgan fingerprint density at radius 2 is 2.11 bits per heavy atom. The van der Waals surface area contributed by atoms with Gasteiger partial charge in [-0.3, -0.25) is 0 Å². The van der Waals surface area contributed by atoms with Crippen LogP contribution in [0.3, 0.4) is 0 Å². The molecule has 0 fully saturated rings. The summed E-state index contributed by atoms with van der Waals surface area (Å²) in [4.78, 5) is 4.35. The molecule has 19 heavy (non-hydrogen) atoms. The maximum absolute atomic E-state index is 8.95. The molecule has 0 aliphatic heterocycles. The Kier molecular flexibility index (Phi) is 4.03. The molecule has 1 aromatic carbocycles. The van der Waals surface area contributed by atoms with Crippen molar-refractivity contribution in [2.24, 2.45) is 0 Å². The average Bonchev–Trinajstić information content (AvgIpc) is 2.40. The van der Waals surface area contributed by atoms with E-state index in [1.165, 1.54) is 0 Å². The summed E-state index contributed by atoms with van der Waals surface area (Å²) >= 11 is 3.46. The fourth-order valence-electron chi connectivity index (χ4n) is 1.66. The highest BCUT2D eigenvalue weighted by Crippen LogP contribution is 2.29. The smallest absolute Gasteiger partial charge is 0.131 e. The topological polar surface area (TPSA) is 57.9 Å². The van der Waals surface area contributed by atoms with Crippen molar-refractivity contribution in [3.05, 3.63) is 46.1 Å². The second kappa shape index (κ2) is 5.72. The van der Waals surface area contributed by atoms with E-state index < -0.39 is 0 Å². The highest BCUT2D eigenvalue weighted by Gasteiger charge is 2.05. The third kappa shape index (κ3) is 3.24. The summed E-state index contributed by atoms with van der Waals surface area (Å²) in [7, 11) is 1.62. The van der Waals surface area contributed by atoms with Crippen LogP contribution in [0.5, 0.6) is 5.75 Å². The molecule has 5 heteroatoms. The van der Waals surface area contributed by atoms with Gasteiger partial charge < -0.3 is 10.1 Å². The van der Waals surface area contributed by atoms with Gasteiger partial charge in [0.05, 0.1) is 24.4 Å². The monoisotopic (exact) mass is 317 g/mol. The summed E-state index contributed by atoms with van der Waals surface area (Å²) in [5.74, 6) is 1.38. The zero-order chi connectivity index (χ0) is 13.8. The number of benzene rings is 1. The number of ether oxygens (including phenoxy) is 1. The minimum absolute atomic E-state index is 0.578. The molecule has 0 spiro atoms. The number of rotatable bonds is 3. The number of nitriles is 1. The summed E-state index contributed by atoms with van der Waals surface area (Å²) in [6.45, 7) is 1.85. The molecule has 0 aliphatic rings. The second-order valence-corrected chi connectivity index (χ2v) is 4.82. The second-order valence-electron chi connectivity index (χ2n) is 3.97. The zero-order valence-electron chi connectivity index (χ0n) is 10.6. The van der Waals surface area contributed by atoms with Gasteiger partial charge in [-0.1, -0.05) is 0 Å². The maximum Gasteiger partial charge on any atom is 0.131 e. The molecule has 0 saturated carbocycles. The molecule has 0 saturated heterocycles. The van der Waals surface area contributed by atoms with E-state index in [1.54, 1.807) is 19.2 Å². The third-order valence-corrected chi connectivity index (χ3v) is 3.21. The number of nitrogens with one attached hydrogen (secondary N) is 1. The average molecular weight is 318 g/mol. The van der Waals surface area contributed by atoms with Crippen LogP contribution >= 0.6 is 15.9 Å². The van der Waals surface area contributed by atoms with E-state index >= 15 is 0 Å². The van der Waals surface area contributed by atoms with Crippen LogP contribution in [0.1, 0.15) is 11.3 Å². The molecule has 2 aromatic rings. The van der Waals surface area contributed by atoms with Gasteiger partial charge in [0.1, 0.15) is 11.6 Å². The molecule has 0 unspecified atom stereocenters. The van der Waals surface area contributed by atoms with Crippen molar-refractivity contribution in [1.82, 2.24) is 4.98 Å². The molecular formula is C14H12BrN3O. The normalized spacial score (nSPS) is 9.79. The van der Waals surface area contributed by atoms with Crippen LogP contribution in [0.2, 0.25) is 0 Å². The fraction of sp³-hybridized carbons (Fsp3) is 0.143. The van der Waals surface area contributed by atoms with Gasteiger partial charge >= 0.3 is 0 Å². The molecule has 1 N–H and O–H groups in total. The maximum atomic E-state index is 8.95. The lowest BCUT2D eigenvalue weighted by Crippen LogP contribution is -1.97. The minimum Gasteiger partial charge on any atom is -0.497 e. The van der Waals surface area contributed by atoms with Gasteiger partial charge in [0.25, 0.3) is 0 Å². The van der Waals surface area contributed by atoms with E-state index in [2.05, 4.69) is 32.3 Å². The lowest BCUT2D eigenvalue weighted by Gasteiger charge is -2.10. The number of anilines is 2. The number of halogens is 1. The van der Waals surface area contributed by atoms with Gasteiger partial charge in [-0.05, 0) is 47.1 Å². The Morgan fingerprint density at radius 1 is 1.32 bits per heavy atom. The number of nitrogens with zero attached hydrogens (tertiary/aromatic N) is 2. The Balaban J connectivity index is 2.36. The molecule has 0 bridgehead atoms. The van der Waals surface area contributed by atoms with E-state index in [4.69, 9.17) is 10.00 Å². The summed E-state index contributed by atoms with van der Waals surface area (Å²) < 4.78 is 6.08. The first kappa shape index (κ1) is 13.4. The minimum atomic E-state index is 0.578. The number of hydrogen-bond acceptors (Lipinski definition) is 4. The van der Waals surface area contributed by atoms with E-state index in [0.717, 1.165) is 21.6 Å². The van der Waals surface area contributed by atoms with Crippen LogP contribution in [0, 0.1) is 18.3 Å². The molecule has 0 amide bonds. The van der Waals surface area contributed by atoms with Crippen molar-refractivity contribution in [2.45, 2.75) is 6.92 Å². The standard InChI is InChI=1S/C14H12BrN3O/c1-9-5-10(8-16)6-14(17-9)18-13-7-11(19-2)3-4-12(13)15/h3-7H,1-2H3,(H,17,18). The van der Waals surface area contributed by atoms with E-state index in [9.17, 15) is 0 Å². The van der Waals surface area contributed by atoms with Crippen molar-refractivity contribution in [1.29, 1.82) is 5.26 Å². The molecule has 1 aromatic heterocycles. The predicted octanol–water partition coefficient (Wildman–Crippen LogP) is 3.78. The fourth-order valence-corrected chi connectivity index (χ4v) is 2.01. The van der Waals surface area contributed by atoms with Crippen LogP contribution in [0.25, 0.3) is 0 Å². The molecule has 2 rings (SSSR count). The molecule has 4 nitrogen and oxygen atoms in total. The molecule has 0 atom stereocenters. The molecule has 96 valence electrons. The number of aryl methyl sites for hydroxylation is 1. The molecule has 1 heterocycles. The third-order valence-electron chi connectivity index (χ3n) is 2.52.